The van der Waals surface area contributed by atoms with E-state index in [-0.39, 0.29) is 5.70 Å². The molecule has 0 amide bonds. The first kappa shape index (κ1) is 21.0. The topological polar surface area (TPSA) is 41.1 Å². The van der Waals surface area contributed by atoms with Crippen molar-refractivity contribution in [3.05, 3.63) is 22.9 Å². The molecule has 0 aromatic carbocycles. The molecule has 0 radical (unpaired) electrons. The predicted molar refractivity (Wildman–Crippen MR) is 112 cm³/mol. The van der Waals surface area contributed by atoms with E-state index in [1.165, 1.54) is 19.4 Å². The van der Waals surface area contributed by atoms with E-state index in [0.29, 0.717) is 18.1 Å². The molecule has 0 spiro atoms. The lowest BCUT2D eigenvalue weighted by Gasteiger charge is -2.40. The summed E-state index contributed by atoms with van der Waals surface area (Å²) < 4.78 is 0. The highest BCUT2D eigenvalue weighted by Crippen LogP contribution is 2.30. The smallest absolute Gasteiger partial charge is 0.300 e. The van der Waals surface area contributed by atoms with Crippen molar-refractivity contribution in [3.8, 4) is 6.07 Å². The fraction of sp³-hybridized carbons (Fsp3) is 0.818. The first-order valence-corrected chi connectivity index (χ1v) is 11.1. The lowest BCUT2D eigenvalue weighted by atomic mass is 10.0. The Bertz CT molecular complexity index is 618. The van der Waals surface area contributed by atoms with E-state index in [0.717, 1.165) is 64.4 Å². The molecular weight excluding hydrogens is 348 g/mol. The maximum Gasteiger partial charge on any atom is 0.300 e. The van der Waals surface area contributed by atoms with Gasteiger partial charge >= 0.3 is 5.70 Å². The van der Waals surface area contributed by atoms with Crippen molar-refractivity contribution in [1.29, 1.82) is 5.26 Å². The molecule has 3 aliphatic heterocycles. The van der Waals surface area contributed by atoms with Gasteiger partial charge in [0.1, 0.15) is 5.82 Å². The quantitative estimate of drug-likeness (QED) is 0.520. The standard InChI is InChI=1S/C22H36N6/c1-18(2)25-13-8-20(9-14-25)28-16-15-27(22(28)21(17-23)24-4)12-6-11-26-10-5-7-19(26)3/h18-20H,5-16H2,1-3H3. The SMILES string of the molecule is [C-]#[N+]C(C#N)=C1N(CCCN2CCCC2C)CCN1C1CCN(C(C)C)CC1. The van der Waals surface area contributed by atoms with Gasteiger partial charge in [0.05, 0.1) is 12.6 Å². The Balaban J connectivity index is 1.63. The molecule has 3 aliphatic rings. The van der Waals surface area contributed by atoms with E-state index >= 15 is 0 Å². The average molecular weight is 385 g/mol. The van der Waals surface area contributed by atoms with Crippen LogP contribution in [0.15, 0.2) is 11.5 Å². The minimum atomic E-state index is 0.276. The summed E-state index contributed by atoms with van der Waals surface area (Å²) in [4.78, 5) is 13.4. The molecule has 28 heavy (non-hydrogen) atoms. The van der Waals surface area contributed by atoms with Crippen molar-refractivity contribution in [3.63, 3.8) is 0 Å². The van der Waals surface area contributed by atoms with Crippen molar-refractivity contribution in [1.82, 2.24) is 19.6 Å². The second kappa shape index (κ2) is 9.63. The van der Waals surface area contributed by atoms with Crippen LogP contribution in [-0.2, 0) is 0 Å². The third-order valence-corrected chi connectivity index (χ3v) is 6.85. The normalized spacial score (nSPS) is 26.7. The maximum atomic E-state index is 9.58. The molecule has 1 atom stereocenters. The van der Waals surface area contributed by atoms with Crippen LogP contribution in [0.5, 0.6) is 0 Å². The second-order valence-corrected chi connectivity index (χ2v) is 8.82. The highest BCUT2D eigenvalue weighted by Gasteiger charge is 2.35. The fourth-order valence-corrected chi connectivity index (χ4v) is 5.11. The highest BCUT2D eigenvalue weighted by molar-refractivity contribution is 5.34. The van der Waals surface area contributed by atoms with Crippen LogP contribution in [0.3, 0.4) is 0 Å². The zero-order chi connectivity index (χ0) is 20.1. The molecule has 6 nitrogen and oxygen atoms in total. The van der Waals surface area contributed by atoms with Gasteiger partial charge in [0.25, 0.3) is 0 Å². The number of likely N-dealkylation sites (tertiary alicyclic amines) is 2. The van der Waals surface area contributed by atoms with Crippen molar-refractivity contribution in [2.75, 3.05) is 45.8 Å². The highest BCUT2D eigenvalue weighted by atomic mass is 15.4. The number of piperidine rings is 1. The molecule has 0 aliphatic carbocycles. The van der Waals surface area contributed by atoms with Crippen LogP contribution < -0.4 is 0 Å². The van der Waals surface area contributed by atoms with Crippen LogP contribution in [0, 0.1) is 17.9 Å². The Morgan fingerprint density at radius 2 is 1.89 bits per heavy atom. The van der Waals surface area contributed by atoms with E-state index in [2.05, 4.69) is 51.3 Å². The van der Waals surface area contributed by atoms with Gasteiger partial charge in [0.2, 0.25) is 0 Å². The van der Waals surface area contributed by atoms with Crippen molar-refractivity contribution in [2.24, 2.45) is 0 Å². The van der Waals surface area contributed by atoms with E-state index in [1.54, 1.807) is 0 Å². The Labute approximate surface area is 171 Å². The van der Waals surface area contributed by atoms with Crippen LogP contribution >= 0.6 is 0 Å². The Hall–Kier alpha value is -1.76. The summed E-state index contributed by atoms with van der Waals surface area (Å²) in [5.41, 5.74) is 0.276. The molecule has 3 fully saturated rings. The number of nitriles is 1. The average Bonchev–Trinajstić information content (AvgIpc) is 3.30. The van der Waals surface area contributed by atoms with Crippen LogP contribution in [0.25, 0.3) is 4.85 Å². The largest absolute Gasteiger partial charge is 0.365 e. The van der Waals surface area contributed by atoms with Gasteiger partial charge in [0, 0.05) is 57.4 Å². The summed E-state index contributed by atoms with van der Waals surface area (Å²) in [5.74, 6) is 0.912. The molecule has 0 N–H and O–H groups in total. The molecule has 6 heteroatoms. The van der Waals surface area contributed by atoms with Gasteiger partial charge in [0.15, 0.2) is 0 Å². The molecule has 3 saturated heterocycles. The zero-order valence-electron chi connectivity index (χ0n) is 17.9. The third-order valence-electron chi connectivity index (χ3n) is 6.85. The first-order chi connectivity index (χ1) is 13.5. The summed E-state index contributed by atoms with van der Waals surface area (Å²) in [7, 11) is 0. The van der Waals surface area contributed by atoms with Crippen molar-refractivity contribution < 1.29 is 0 Å². The Kier molecular flexibility index (Phi) is 7.21. The molecule has 154 valence electrons. The first-order valence-electron chi connectivity index (χ1n) is 11.1. The van der Waals surface area contributed by atoms with Crippen LogP contribution in [0.1, 0.15) is 52.9 Å². The zero-order valence-corrected chi connectivity index (χ0v) is 17.9. The summed E-state index contributed by atoms with van der Waals surface area (Å²) in [6.45, 7) is 21.8. The number of allylic oxidation sites excluding steroid dienone is 1. The van der Waals surface area contributed by atoms with Gasteiger partial charge in [-0.15, -0.1) is 0 Å². The molecule has 3 rings (SSSR count). The van der Waals surface area contributed by atoms with Gasteiger partial charge in [-0.05, 0) is 59.4 Å². The van der Waals surface area contributed by atoms with Crippen LogP contribution in [0.4, 0.5) is 0 Å². The van der Waals surface area contributed by atoms with E-state index in [9.17, 15) is 5.26 Å². The number of rotatable bonds is 6. The Morgan fingerprint density at radius 3 is 2.46 bits per heavy atom. The third kappa shape index (κ3) is 4.62. The Morgan fingerprint density at radius 1 is 1.14 bits per heavy atom. The monoisotopic (exact) mass is 384 g/mol. The van der Waals surface area contributed by atoms with Gasteiger partial charge in [-0.2, -0.15) is 0 Å². The lowest BCUT2D eigenvalue weighted by molar-refractivity contribution is 0.116. The maximum absolute atomic E-state index is 9.58. The summed E-state index contributed by atoms with van der Waals surface area (Å²) >= 11 is 0. The fourth-order valence-electron chi connectivity index (χ4n) is 5.11. The van der Waals surface area contributed by atoms with Gasteiger partial charge in [-0.1, -0.05) is 0 Å². The van der Waals surface area contributed by atoms with Crippen LogP contribution in [0.2, 0.25) is 0 Å². The molecular formula is C22H36N6. The van der Waals surface area contributed by atoms with Gasteiger partial charge in [-0.25, -0.2) is 10.1 Å². The molecule has 1 unspecified atom stereocenters. The summed E-state index contributed by atoms with van der Waals surface area (Å²) in [5, 5.41) is 9.58. The number of hydrogen-bond donors (Lipinski definition) is 0. The molecule has 3 heterocycles. The molecule has 0 aromatic rings. The van der Waals surface area contributed by atoms with E-state index < -0.39 is 0 Å². The number of hydrogen-bond acceptors (Lipinski definition) is 5. The summed E-state index contributed by atoms with van der Waals surface area (Å²) in [6, 6.07) is 3.93. The van der Waals surface area contributed by atoms with Gasteiger partial charge in [-0.3, -0.25) is 0 Å². The number of nitrogens with zero attached hydrogens (tertiary/aromatic N) is 6. The van der Waals surface area contributed by atoms with Crippen LogP contribution in [-0.4, -0.2) is 83.5 Å². The molecule has 0 bridgehead atoms. The van der Waals surface area contributed by atoms with Crippen molar-refractivity contribution in [2.45, 2.75) is 71.0 Å². The summed E-state index contributed by atoms with van der Waals surface area (Å²) in [6.07, 6.45) is 5.97. The molecule has 0 saturated carbocycles. The van der Waals surface area contributed by atoms with Gasteiger partial charge < -0.3 is 19.6 Å². The minimum Gasteiger partial charge on any atom is -0.365 e. The minimum absolute atomic E-state index is 0.276. The lowest BCUT2D eigenvalue weighted by Crippen LogP contribution is -2.46. The molecule has 0 aromatic heterocycles. The second-order valence-electron chi connectivity index (χ2n) is 8.82. The van der Waals surface area contributed by atoms with Crippen molar-refractivity contribution >= 4 is 0 Å². The van der Waals surface area contributed by atoms with E-state index in [1.807, 2.05) is 0 Å². The predicted octanol–water partition coefficient (Wildman–Crippen LogP) is 2.96. The van der Waals surface area contributed by atoms with E-state index in [4.69, 9.17) is 6.57 Å².